The van der Waals surface area contributed by atoms with Crippen molar-refractivity contribution >= 4 is 18.4 Å². The number of phenolic OH excluding ortho intramolecular Hbond substituents is 1. The molecule has 1 N–H and O–H groups in total. The van der Waals surface area contributed by atoms with Crippen LogP contribution in [0.25, 0.3) is 12.2 Å². The topological polar surface area (TPSA) is 46.5 Å². The third kappa shape index (κ3) is 3.03. The molecular weight excluding hydrogens is 259 g/mol. The first-order valence-electron chi connectivity index (χ1n) is 5.94. The van der Waals surface area contributed by atoms with Crippen LogP contribution in [-0.4, -0.2) is 18.5 Å². The molecule has 0 saturated heterocycles. The zero-order valence-electron chi connectivity index (χ0n) is 10.8. The average molecular weight is 272 g/mol. The number of aldehydes is 1. The van der Waals surface area contributed by atoms with Crippen LogP contribution >= 0.6 is 0 Å². The van der Waals surface area contributed by atoms with E-state index in [4.69, 9.17) is 4.74 Å². The molecule has 2 aromatic carbocycles. The van der Waals surface area contributed by atoms with Gasteiger partial charge in [-0.1, -0.05) is 24.3 Å². The molecular formula is C16H13FO3. The number of carbonyl (C=O) groups is 1. The predicted octanol–water partition coefficient (Wildman–Crippen LogP) is 3.52. The molecule has 0 unspecified atom stereocenters. The molecule has 0 bridgehead atoms. The second-order valence-electron chi connectivity index (χ2n) is 4.15. The fraction of sp³-hybridized carbons (Fsp3) is 0.0625. The van der Waals surface area contributed by atoms with Gasteiger partial charge in [-0.2, -0.15) is 0 Å². The molecule has 20 heavy (non-hydrogen) atoms. The Kier molecular flexibility index (Phi) is 4.15. The average Bonchev–Trinajstić information content (AvgIpc) is 2.46. The van der Waals surface area contributed by atoms with Crippen LogP contribution in [0.4, 0.5) is 4.39 Å². The van der Waals surface area contributed by atoms with Gasteiger partial charge in [0.1, 0.15) is 17.3 Å². The lowest BCUT2D eigenvalue weighted by Gasteiger charge is -2.06. The van der Waals surface area contributed by atoms with Gasteiger partial charge in [-0.3, -0.25) is 4.79 Å². The first kappa shape index (κ1) is 13.8. The minimum absolute atomic E-state index is 0.141. The zero-order chi connectivity index (χ0) is 14.5. The van der Waals surface area contributed by atoms with Crippen LogP contribution in [0.15, 0.2) is 36.4 Å². The SMILES string of the molecule is COc1cc(O)c(C=O)c(/C=C/c2ccc(F)cc2)c1. The summed E-state index contributed by atoms with van der Waals surface area (Å²) in [5, 5.41) is 9.74. The van der Waals surface area contributed by atoms with Crippen molar-refractivity contribution in [3.63, 3.8) is 0 Å². The number of hydrogen-bond acceptors (Lipinski definition) is 3. The summed E-state index contributed by atoms with van der Waals surface area (Å²) in [7, 11) is 1.48. The van der Waals surface area contributed by atoms with E-state index < -0.39 is 0 Å². The number of ether oxygens (including phenoxy) is 1. The number of carbonyl (C=O) groups excluding carboxylic acids is 1. The van der Waals surface area contributed by atoms with Crippen molar-refractivity contribution < 1.29 is 19.0 Å². The fourth-order valence-electron chi connectivity index (χ4n) is 1.78. The number of halogens is 1. The molecule has 0 heterocycles. The van der Waals surface area contributed by atoms with Gasteiger partial charge in [0.05, 0.1) is 12.7 Å². The van der Waals surface area contributed by atoms with E-state index >= 15 is 0 Å². The Morgan fingerprint density at radius 1 is 1.15 bits per heavy atom. The van der Waals surface area contributed by atoms with Gasteiger partial charge >= 0.3 is 0 Å². The smallest absolute Gasteiger partial charge is 0.154 e. The number of hydrogen-bond donors (Lipinski definition) is 1. The van der Waals surface area contributed by atoms with Crippen LogP contribution in [0.1, 0.15) is 21.5 Å². The molecule has 0 amide bonds. The molecule has 4 heteroatoms. The lowest BCUT2D eigenvalue weighted by atomic mass is 10.0. The number of rotatable bonds is 4. The highest BCUT2D eigenvalue weighted by molar-refractivity contribution is 5.88. The molecule has 0 aliphatic rings. The van der Waals surface area contributed by atoms with Crippen molar-refractivity contribution in [1.29, 1.82) is 0 Å². The second-order valence-corrected chi connectivity index (χ2v) is 4.15. The Bertz CT molecular complexity index is 646. The maximum Gasteiger partial charge on any atom is 0.154 e. The van der Waals surface area contributed by atoms with Crippen LogP contribution in [0.2, 0.25) is 0 Å². The monoisotopic (exact) mass is 272 g/mol. The maximum atomic E-state index is 12.8. The highest BCUT2D eigenvalue weighted by Crippen LogP contribution is 2.27. The summed E-state index contributed by atoms with van der Waals surface area (Å²) in [5.41, 5.74) is 1.50. The Morgan fingerprint density at radius 3 is 2.45 bits per heavy atom. The van der Waals surface area contributed by atoms with Crippen molar-refractivity contribution in [2.75, 3.05) is 7.11 Å². The van der Waals surface area contributed by atoms with Gasteiger partial charge in [0.15, 0.2) is 6.29 Å². The molecule has 2 rings (SSSR count). The van der Waals surface area contributed by atoms with E-state index in [1.54, 1.807) is 30.4 Å². The molecule has 0 saturated carbocycles. The largest absolute Gasteiger partial charge is 0.507 e. The van der Waals surface area contributed by atoms with E-state index in [2.05, 4.69) is 0 Å². The summed E-state index contributed by atoms with van der Waals surface area (Å²) in [5.74, 6) is -0.000261. The fourth-order valence-corrected chi connectivity index (χ4v) is 1.78. The van der Waals surface area contributed by atoms with E-state index in [0.29, 0.717) is 17.6 Å². The first-order valence-corrected chi connectivity index (χ1v) is 5.94. The maximum absolute atomic E-state index is 12.8. The van der Waals surface area contributed by atoms with Crippen molar-refractivity contribution in [2.24, 2.45) is 0 Å². The van der Waals surface area contributed by atoms with Crippen molar-refractivity contribution in [3.8, 4) is 11.5 Å². The minimum Gasteiger partial charge on any atom is -0.507 e. The highest BCUT2D eigenvalue weighted by Gasteiger charge is 2.08. The Morgan fingerprint density at radius 2 is 1.85 bits per heavy atom. The van der Waals surface area contributed by atoms with Gasteiger partial charge in [0.2, 0.25) is 0 Å². The summed E-state index contributed by atoms with van der Waals surface area (Å²) >= 11 is 0. The van der Waals surface area contributed by atoms with Crippen LogP contribution in [0, 0.1) is 5.82 Å². The Balaban J connectivity index is 2.39. The van der Waals surface area contributed by atoms with Gasteiger partial charge in [-0.25, -0.2) is 4.39 Å². The molecule has 3 nitrogen and oxygen atoms in total. The quantitative estimate of drug-likeness (QED) is 0.684. The lowest BCUT2D eigenvalue weighted by Crippen LogP contribution is -1.91. The summed E-state index contributed by atoms with van der Waals surface area (Å²) in [4.78, 5) is 11.0. The zero-order valence-corrected chi connectivity index (χ0v) is 10.8. The summed E-state index contributed by atoms with van der Waals surface area (Å²) in [6, 6.07) is 8.95. The number of benzene rings is 2. The molecule has 0 spiro atoms. The molecule has 0 fully saturated rings. The van der Waals surface area contributed by atoms with Crippen LogP contribution in [-0.2, 0) is 0 Å². The van der Waals surface area contributed by atoms with Gasteiger partial charge < -0.3 is 9.84 Å². The Labute approximate surface area is 115 Å². The van der Waals surface area contributed by atoms with Gasteiger partial charge in [-0.05, 0) is 29.3 Å². The molecule has 0 radical (unpaired) electrons. The highest BCUT2D eigenvalue weighted by atomic mass is 19.1. The van der Waals surface area contributed by atoms with E-state index in [1.807, 2.05) is 0 Å². The third-order valence-corrected chi connectivity index (χ3v) is 2.84. The van der Waals surface area contributed by atoms with Crippen molar-refractivity contribution in [1.82, 2.24) is 0 Å². The van der Waals surface area contributed by atoms with E-state index in [0.717, 1.165) is 5.56 Å². The molecule has 102 valence electrons. The number of aromatic hydroxyl groups is 1. The predicted molar refractivity (Wildman–Crippen MR) is 75.4 cm³/mol. The van der Waals surface area contributed by atoms with E-state index in [1.165, 1.54) is 25.3 Å². The number of methoxy groups -OCH3 is 1. The summed E-state index contributed by atoms with van der Waals surface area (Å²) in [6.45, 7) is 0. The van der Waals surface area contributed by atoms with Crippen LogP contribution in [0.5, 0.6) is 11.5 Å². The van der Waals surface area contributed by atoms with Gasteiger partial charge in [0, 0.05) is 6.07 Å². The Hall–Kier alpha value is -2.62. The summed E-state index contributed by atoms with van der Waals surface area (Å²) in [6.07, 6.45) is 3.97. The molecule has 0 aliphatic heterocycles. The minimum atomic E-state index is -0.310. The summed E-state index contributed by atoms with van der Waals surface area (Å²) < 4.78 is 17.8. The molecule has 0 aromatic heterocycles. The standard InChI is InChI=1S/C16H13FO3/c1-20-14-8-12(15(10-18)16(19)9-14)5-2-11-3-6-13(17)7-4-11/h2-10,19H,1H3/b5-2+. The normalized spacial score (nSPS) is 10.7. The third-order valence-electron chi connectivity index (χ3n) is 2.84. The van der Waals surface area contributed by atoms with Gasteiger partial charge in [0.25, 0.3) is 0 Å². The van der Waals surface area contributed by atoms with E-state index in [9.17, 15) is 14.3 Å². The molecule has 2 aromatic rings. The second kappa shape index (κ2) is 6.02. The van der Waals surface area contributed by atoms with Crippen molar-refractivity contribution in [2.45, 2.75) is 0 Å². The lowest BCUT2D eigenvalue weighted by molar-refractivity contribution is 0.112. The van der Waals surface area contributed by atoms with Gasteiger partial charge in [-0.15, -0.1) is 0 Å². The molecule has 0 atom stereocenters. The molecule has 0 aliphatic carbocycles. The van der Waals surface area contributed by atoms with Crippen LogP contribution in [0.3, 0.4) is 0 Å². The first-order chi connectivity index (χ1) is 9.63. The van der Waals surface area contributed by atoms with Crippen molar-refractivity contribution in [3.05, 3.63) is 58.9 Å². The van der Waals surface area contributed by atoms with Crippen LogP contribution < -0.4 is 4.74 Å². The number of phenols is 1. The van der Waals surface area contributed by atoms with E-state index in [-0.39, 0.29) is 17.1 Å².